The highest BCUT2D eigenvalue weighted by molar-refractivity contribution is 6.06. The van der Waals surface area contributed by atoms with Crippen molar-refractivity contribution in [3.63, 3.8) is 0 Å². The molecule has 0 radical (unpaired) electrons. The lowest BCUT2D eigenvalue weighted by molar-refractivity contribution is -0.187. The molecule has 1 heterocycles. The van der Waals surface area contributed by atoms with Gasteiger partial charge in [-0.15, -0.1) is 0 Å². The quantitative estimate of drug-likeness (QED) is 0.0827. The molecule has 304 valence electrons. The van der Waals surface area contributed by atoms with Crippen molar-refractivity contribution in [3.8, 4) is 0 Å². The number of anilines is 1. The Balaban J connectivity index is 1.13. The number of halogens is 4. The molecule has 1 fully saturated rings. The summed E-state index contributed by atoms with van der Waals surface area (Å²) in [6, 6.07) is 13.9. The molecule has 1 aliphatic carbocycles. The van der Waals surface area contributed by atoms with Crippen molar-refractivity contribution in [3.05, 3.63) is 100 Å². The van der Waals surface area contributed by atoms with E-state index in [1.165, 1.54) is 24.3 Å². The zero-order chi connectivity index (χ0) is 41.5. The summed E-state index contributed by atoms with van der Waals surface area (Å²) in [7, 11) is 0. The van der Waals surface area contributed by atoms with Gasteiger partial charge in [0.1, 0.15) is 18.4 Å². The Labute approximate surface area is 328 Å². The SMILES string of the molecule is CCCCCC(C)C(=O)c1ccc(CNC(=O)CCC(=O)Nc2ccc3c(c2)CC[C@@]32OC(=O)N(CC(=O)N(Cc3ccc(F)cc3)[C@@H](C)C(F)(F)F)C2=O)cc1. The molecule has 1 aliphatic heterocycles. The third-order valence-electron chi connectivity index (χ3n) is 10.5. The van der Waals surface area contributed by atoms with Crippen LogP contribution in [0.4, 0.5) is 28.0 Å². The Kier molecular flexibility index (Phi) is 13.5. The molecule has 3 atom stereocenters. The van der Waals surface area contributed by atoms with Crippen LogP contribution >= 0.6 is 0 Å². The Hall–Kier alpha value is -5.60. The van der Waals surface area contributed by atoms with Gasteiger partial charge in [0.2, 0.25) is 23.3 Å². The summed E-state index contributed by atoms with van der Waals surface area (Å²) in [6.45, 7) is 3.49. The number of carbonyl (C=O) groups excluding carboxylic acids is 6. The van der Waals surface area contributed by atoms with E-state index in [2.05, 4.69) is 17.6 Å². The van der Waals surface area contributed by atoms with Crippen molar-refractivity contribution in [2.75, 3.05) is 11.9 Å². The second-order valence-corrected chi connectivity index (χ2v) is 14.6. The van der Waals surface area contributed by atoms with Gasteiger partial charge in [0, 0.05) is 55.1 Å². The number of Topliss-reactive ketones (excluding diaryl/α,β-unsaturated/α-hetero) is 1. The van der Waals surface area contributed by atoms with Gasteiger partial charge in [0.15, 0.2) is 5.78 Å². The van der Waals surface area contributed by atoms with E-state index in [0.717, 1.165) is 50.3 Å². The maximum atomic E-state index is 13.8. The van der Waals surface area contributed by atoms with Crippen molar-refractivity contribution in [1.82, 2.24) is 15.1 Å². The molecule has 1 unspecified atom stereocenters. The predicted octanol–water partition coefficient (Wildman–Crippen LogP) is 7.36. The van der Waals surface area contributed by atoms with E-state index < -0.39 is 60.5 Å². The average Bonchev–Trinajstić information content (AvgIpc) is 3.66. The second kappa shape index (κ2) is 18.1. The Morgan fingerprint density at radius 3 is 2.25 bits per heavy atom. The predicted molar refractivity (Wildman–Crippen MR) is 201 cm³/mol. The van der Waals surface area contributed by atoms with E-state index in [4.69, 9.17) is 4.74 Å². The average molecular weight is 795 g/mol. The summed E-state index contributed by atoms with van der Waals surface area (Å²) < 4.78 is 60.3. The molecular formula is C42H46F4N4O7. The fraction of sp³-hybridized carbons (Fsp3) is 0.429. The van der Waals surface area contributed by atoms with Gasteiger partial charge in [-0.05, 0) is 60.7 Å². The van der Waals surface area contributed by atoms with Gasteiger partial charge < -0.3 is 20.3 Å². The van der Waals surface area contributed by atoms with E-state index >= 15 is 0 Å². The van der Waals surface area contributed by atoms with E-state index in [0.29, 0.717) is 32.2 Å². The van der Waals surface area contributed by atoms with Gasteiger partial charge in [-0.3, -0.25) is 24.0 Å². The Morgan fingerprint density at radius 1 is 0.912 bits per heavy atom. The number of nitrogens with one attached hydrogen (secondary N) is 2. The van der Waals surface area contributed by atoms with Gasteiger partial charge in [-0.25, -0.2) is 14.1 Å². The number of benzene rings is 3. The van der Waals surface area contributed by atoms with Crippen LogP contribution < -0.4 is 10.6 Å². The van der Waals surface area contributed by atoms with Crippen LogP contribution in [0.1, 0.15) is 98.3 Å². The molecule has 0 bridgehead atoms. The topological polar surface area (TPSA) is 142 Å². The molecule has 57 heavy (non-hydrogen) atoms. The summed E-state index contributed by atoms with van der Waals surface area (Å²) in [5, 5.41) is 5.49. The van der Waals surface area contributed by atoms with Crippen molar-refractivity contribution >= 4 is 41.2 Å². The molecule has 1 spiro atoms. The Morgan fingerprint density at radius 2 is 1.58 bits per heavy atom. The number of nitrogens with zero attached hydrogens (tertiary/aromatic N) is 2. The number of imide groups is 1. The van der Waals surface area contributed by atoms with E-state index in [9.17, 15) is 46.3 Å². The van der Waals surface area contributed by atoms with Crippen LogP contribution in [0, 0.1) is 11.7 Å². The van der Waals surface area contributed by atoms with E-state index in [1.54, 1.807) is 30.3 Å². The first-order chi connectivity index (χ1) is 27.0. The maximum Gasteiger partial charge on any atom is 0.418 e. The monoisotopic (exact) mass is 794 g/mol. The van der Waals surface area contributed by atoms with Crippen LogP contribution in [-0.2, 0) is 49.0 Å². The summed E-state index contributed by atoms with van der Waals surface area (Å²) in [5.74, 6) is -3.44. The standard InChI is InChI=1S/C42H46F4N4O7/c1-4-5-6-7-26(2)38(54)30-12-8-28(9-13-30)23-47-35(51)18-19-36(52)48-33-16-17-34-31(22-33)20-21-41(34)39(55)50(40(56)57-41)25-37(53)49(27(3)42(44,45)46)24-29-10-14-32(43)15-11-29/h8-17,22,26-27H,4-7,18-21,23-25H2,1-3H3,(H,47,51)(H,48,52)/t26?,27-,41+/m0/s1. The number of carbonyl (C=O) groups is 6. The highest BCUT2D eigenvalue weighted by Crippen LogP contribution is 2.46. The second-order valence-electron chi connectivity index (χ2n) is 14.6. The minimum Gasteiger partial charge on any atom is -0.427 e. The lowest BCUT2D eigenvalue weighted by atomic mass is 9.93. The van der Waals surface area contributed by atoms with E-state index in [-0.39, 0.29) is 55.4 Å². The largest absolute Gasteiger partial charge is 0.427 e. The molecule has 5 rings (SSSR count). The molecule has 0 aromatic heterocycles. The molecule has 3 aromatic rings. The number of fused-ring (bicyclic) bond motifs is 2. The van der Waals surface area contributed by atoms with Crippen molar-refractivity contribution in [2.45, 2.75) is 103 Å². The number of hydrogen-bond donors (Lipinski definition) is 2. The van der Waals surface area contributed by atoms with Crippen molar-refractivity contribution in [1.29, 1.82) is 0 Å². The smallest absolute Gasteiger partial charge is 0.418 e. The third-order valence-corrected chi connectivity index (χ3v) is 10.5. The molecule has 2 aliphatic rings. The summed E-state index contributed by atoms with van der Waals surface area (Å²) in [6.07, 6.45) is -1.95. The molecule has 15 heteroatoms. The highest BCUT2D eigenvalue weighted by Gasteiger charge is 2.58. The summed E-state index contributed by atoms with van der Waals surface area (Å²) in [4.78, 5) is 78.9. The zero-order valence-electron chi connectivity index (χ0n) is 32.0. The third kappa shape index (κ3) is 10.2. The number of rotatable bonds is 17. The fourth-order valence-electron chi connectivity index (χ4n) is 7.00. The Bertz CT molecular complexity index is 1990. The summed E-state index contributed by atoms with van der Waals surface area (Å²) >= 11 is 0. The normalized spacial score (nSPS) is 17.2. The summed E-state index contributed by atoms with van der Waals surface area (Å²) in [5.41, 5.74) is 1.10. The zero-order valence-corrected chi connectivity index (χ0v) is 32.0. The molecule has 3 aromatic carbocycles. The lowest BCUT2D eigenvalue weighted by Gasteiger charge is -2.31. The van der Waals surface area contributed by atoms with Crippen LogP contribution in [-0.4, -0.2) is 64.1 Å². The first kappa shape index (κ1) is 42.5. The number of hydrogen-bond acceptors (Lipinski definition) is 7. The number of alkyl halides is 3. The first-order valence-electron chi connectivity index (χ1n) is 19.0. The number of unbranched alkanes of at least 4 members (excludes halogenated alkanes) is 2. The number of aryl methyl sites for hydroxylation is 1. The minimum atomic E-state index is -4.83. The minimum absolute atomic E-state index is 0.00458. The number of ketones is 1. The van der Waals surface area contributed by atoms with Crippen LogP contribution in [0.5, 0.6) is 0 Å². The van der Waals surface area contributed by atoms with E-state index in [1.807, 2.05) is 6.92 Å². The molecule has 0 saturated carbocycles. The molecular weight excluding hydrogens is 748 g/mol. The molecule has 1 saturated heterocycles. The van der Waals surface area contributed by atoms with Crippen molar-refractivity contribution in [2.24, 2.45) is 5.92 Å². The fourth-order valence-corrected chi connectivity index (χ4v) is 7.00. The van der Waals surface area contributed by atoms with Gasteiger partial charge >= 0.3 is 12.3 Å². The molecule has 5 amide bonds. The van der Waals surface area contributed by atoms with Crippen LogP contribution in [0.3, 0.4) is 0 Å². The van der Waals surface area contributed by atoms with Gasteiger partial charge in [-0.2, -0.15) is 13.2 Å². The van der Waals surface area contributed by atoms with Crippen LogP contribution in [0.25, 0.3) is 0 Å². The number of amides is 5. The van der Waals surface area contributed by atoms with Crippen molar-refractivity contribution < 1.29 is 51.1 Å². The van der Waals surface area contributed by atoms with Crippen LogP contribution in [0.15, 0.2) is 66.7 Å². The van der Waals surface area contributed by atoms with Crippen LogP contribution in [0.2, 0.25) is 0 Å². The molecule has 2 N–H and O–H groups in total. The van der Waals surface area contributed by atoms with Gasteiger partial charge in [0.25, 0.3) is 5.91 Å². The molecule has 11 nitrogen and oxygen atoms in total. The first-order valence-corrected chi connectivity index (χ1v) is 19.0. The maximum absolute atomic E-state index is 13.8. The highest BCUT2D eigenvalue weighted by atomic mass is 19.4. The van der Waals surface area contributed by atoms with Gasteiger partial charge in [-0.1, -0.05) is 75.6 Å². The van der Waals surface area contributed by atoms with Gasteiger partial charge in [0.05, 0.1) is 0 Å². The lowest BCUT2D eigenvalue weighted by Crippen LogP contribution is -2.51. The number of ether oxygens (including phenoxy) is 1.